The van der Waals surface area contributed by atoms with Crippen LogP contribution in [0.4, 0.5) is 24.8 Å². The SMILES string of the molecule is CC(C)C1(C)CCN(c2cnc(Sc3cccnc3C(F)(F)F)c(N)n2)CC1. The molecule has 3 heterocycles. The van der Waals surface area contributed by atoms with Gasteiger partial charge in [0.1, 0.15) is 10.8 Å². The van der Waals surface area contributed by atoms with Crippen molar-refractivity contribution in [3.63, 3.8) is 0 Å². The molecule has 0 amide bonds. The summed E-state index contributed by atoms with van der Waals surface area (Å²) in [4.78, 5) is 14.2. The molecule has 0 saturated carbocycles. The zero-order valence-electron chi connectivity index (χ0n) is 16.1. The van der Waals surface area contributed by atoms with Crippen LogP contribution < -0.4 is 10.6 Å². The van der Waals surface area contributed by atoms with E-state index in [1.54, 1.807) is 6.20 Å². The average Bonchev–Trinajstić information content (AvgIpc) is 2.63. The third kappa shape index (κ3) is 4.34. The summed E-state index contributed by atoms with van der Waals surface area (Å²) in [5.41, 5.74) is 5.37. The van der Waals surface area contributed by atoms with Crippen LogP contribution in [0.5, 0.6) is 0 Å². The Hall–Kier alpha value is -2.03. The molecule has 1 aliphatic heterocycles. The maximum atomic E-state index is 13.1. The summed E-state index contributed by atoms with van der Waals surface area (Å²) in [6, 6.07) is 2.81. The third-order valence-corrected chi connectivity index (χ3v) is 6.68. The van der Waals surface area contributed by atoms with Gasteiger partial charge < -0.3 is 10.6 Å². The Balaban J connectivity index is 1.76. The van der Waals surface area contributed by atoms with Crippen LogP contribution in [0.1, 0.15) is 39.3 Å². The average molecular weight is 411 g/mol. The second kappa shape index (κ2) is 7.77. The Labute approximate surface area is 167 Å². The Morgan fingerprint density at radius 3 is 2.46 bits per heavy atom. The fourth-order valence-corrected chi connectivity index (χ4v) is 4.10. The zero-order valence-corrected chi connectivity index (χ0v) is 16.9. The van der Waals surface area contributed by atoms with E-state index in [2.05, 4.69) is 40.6 Å². The lowest BCUT2D eigenvalue weighted by Gasteiger charge is -2.42. The molecule has 1 fully saturated rings. The van der Waals surface area contributed by atoms with E-state index in [0.29, 0.717) is 17.2 Å². The summed E-state index contributed by atoms with van der Waals surface area (Å²) in [6.45, 7) is 8.51. The van der Waals surface area contributed by atoms with Gasteiger partial charge in [0.2, 0.25) is 0 Å². The second-order valence-electron chi connectivity index (χ2n) is 7.66. The summed E-state index contributed by atoms with van der Waals surface area (Å²) in [7, 11) is 0. The van der Waals surface area contributed by atoms with Crippen molar-refractivity contribution in [1.82, 2.24) is 15.0 Å². The number of anilines is 2. The van der Waals surface area contributed by atoms with E-state index < -0.39 is 11.9 Å². The van der Waals surface area contributed by atoms with Gasteiger partial charge in [0.15, 0.2) is 11.5 Å². The quantitative estimate of drug-likeness (QED) is 0.773. The predicted molar refractivity (Wildman–Crippen MR) is 104 cm³/mol. The lowest BCUT2D eigenvalue weighted by Crippen LogP contribution is -2.41. The molecule has 0 bridgehead atoms. The molecular weight excluding hydrogens is 387 g/mol. The highest BCUT2D eigenvalue weighted by atomic mass is 32.2. The van der Waals surface area contributed by atoms with E-state index in [0.717, 1.165) is 43.9 Å². The summed E-state index contributed by atoms with van der Waals surface area (Å²) in [5, 5.41) is 0.242. The first kappa shape index (κ1) is 20.7. The van der Waals surface area contributed by atoms with Gasteiger partial charge in [0.05, 0.1) is 6.20 Å². The molecule has 0 aromatic carbocycles. The van der Waals surface area contributed by atoms with E-state index in [1.807, 2.05) is 0 Å². The molecule has 0 aliphatic carbocycles. The van der Waals surface area contributed by atoms with Gasteiger partial charge in [-0.05, 0) is 36.3 Å². The summed E-state index contributed by atoms with van der Waals surface area (Å²) < 4.78 is 39.4. The van der Waals surface area contributed by atoms with Crippen molar-refractivity contribution in [1.29, 1.82) is 0 Å². The standard InChI is InChI=1S/C19H24F3N5S/c1-12(2)18(3)6-9-27(10-7-18)14-11-25-17(16(23)26-14)28-13-5-4-8-24-15(13)19(20,21)22/h4-5,8,11-12H,6-7,9-10H2,1-3H3,(H2,23,26). The molecule has 5 nitrogen and oxygen atoms in total. The molecule has 2 aromatic rings. The van der Waals surface area contributed by atoms with Crippen LogP contribution in [0, 0.1) is 11.3 Å². The van der Waals surface area contributed by atoms with E-state index in [4.69, 9.17) is 5.73 Å². The first-order valence-electron chi connectivity index (χ1n) is 9.18. The van der Waals surface area contributed by atoms with Crippen molar-refractivity contribution in [2.75, 3.05) is 23.7 Å². The number of nitrogen functional groups attached to an aromatic ring is 1. The van der Waals surface area contributed by atoms with Crippen LogP contribution in [0.2, 0.25) is 0 Å². The van der Waals surface area contributed by atoms with Crippen LogP contribution in [0.25, 0.3) is 0 Å². The molecule has 0 radical (unpaired) electrons. The highest BCUT2D eigenvalue weighted by molar-refractivity contribution is 7.99. The molecule has 0 unspecified atom stereocenters. The Bertz CT molecular complexity index is 833. The van der Waals surface area contributed by atoms with Crippen molar-refractivity contribution in [3.05, 3.63) is 30.2 Å². The number of nitrogens with zero attached hydrogens (tertiary/aromatic N) is 4. The first-order chi connectivity index (χ1) is 13.1. The van der Waals surface area contributed by atoms with Gasteiger partial charge in [-0.1, -0.05) is 32.5 Å². The molecule has 1 aliphatic rings. The van der Waals surface area contributed by atoms with Gasteiger partial charge in [-0.2, -0.15) is 13.2 Å². The maximum absolute atomic E-state index is 13.1. The number of pyridine rings is 1. The Morgan fingerprint density at radius 2 is 1.89 bits per heavy atom. The van der Waals surface area contributed by atoms with Gasteiger partial charge in [0.25, 0.3) is 0 Å². The van der Waals surface area contributed by atoms with Crippen molar-refractivity contribution in [2.45, 2.75) is 49.7 Å². The van der Waals surface area contributed by atoms with Crippen LogP contribution in [0.3, 0.4) is 0 Å². The van der Waals surface area contributed by atoms with Gasteiger partial charge in [0, 0.05) is 24.2 Å². The number of rotatable bonds is 4. The van der Waals surface area contributed by atoms with Crippen LogP contribution >= 0.6 is 11.8 Å². The molecule has 2 N–H and O–H groups in total. The van der Waals surface area contributed by atoms with Crippen LogP contribution in [0.15, 0.2) is 34.4 Å². The number of hydrogen-bond donors (Lipinski definition) is 1. The van der Waals surface area contributed by atoms with Crippen molar-refractivity contribution < 1.29 is 13.2 Å². The van der Waals surface area contributed by atoms with Gasteiger partial charge in [-0.15, -0.1) is 0 Å². The Kier molecular flexibility index (Phi) is 5.74. The minimum absolute atomic E-state index is 0.0468. The largest absolute Gasteiger partial charge is 0.434 e. The monoisotopic (exact) mass is 411 g/mol. The van der Waals surface area contributed by atoms with Gasteiger partial charge >= 0.3 is 6.18 Å². The van der Waals surface area contributed by atoms with Crippen molar-refractivity contribution >= 4 is 23.4 Å². The molecule has 28 heavy (non-hydrogen) atoms. The first-order valence-corrected chi connectivity index (χ1v) is 9.99. The van der Waals surface area contributed by atoms with E-state index in [-0.39, 0.29) is 15.7 Å². The molecular formula is C19H24F3N5S. The zero-order chi connectivity index (χ0) is 20.5. The minimum Gasteiger partial charge on any atom is -0.381 e. The molecule has 1 saturated heterocycles. The number of hydrogen-bond acceptors (Lipinski definition) is 6. The van der Waals surface area contributed by atoms with Crippen LogP contribution in [-0.4, -0.2) is 28.0 Å². The summed E-state index contributed by atoms with van der Waals surface area (Å²) in [5.74, 6) is 1.39. The van der Waals surface area contributed by atoms with Gasteiger partial charge in [-0.25, -0.2) is 9.97 Å². The number of piperidine rings is 1. The molecule has 9 heteroatoms. The third-order valence-electron chi connectivity index (χ3n) is 5.62. The van der Waals surface area contributed by atoms with Crippen molar-refractivity contribution in [2.24, 2.45) is 11.3 Å². The minimum atomic E-state index is -4.54. The fraction of sp³-hybridized carbons (Fsp3) is 0.526. The molecule has 152 valence electrons. The molecule has 3 rings (SSSR count). The fourth-order valence-electron chi connectivity index (χ4n) is 3.23. The normalized spacial score (nSPS) is 17.2. The lowest BCUT2D eigenvalue weighted by atomic mass is 9.72. The molecule has 0 spiro atoms. The number of halogens is 3. The number of nitrogens with two attached hydrogens (primary N) is 1. The van der Waals surface area contributed by atoms with Gasteiger partial charge in [-0.3, -0.25) is 4.98 Å². The van der Waals surface area contributed by atoms with E-state index in [9.17, 15) is 13.2 Å². The molecule has 0 atom stereocenters. The molecule has 2 aromatic heterocycles. The lowest BCUT2D eigenvalue weighted by molar-refractivity contribution is -0.143. The smallest absolute Gasteiger partial charge is 0.381 e. The summed E-state index contributed by atoms with van der Waals surface area (Å²) in [6.07, 6.45) is 0.260. The highest BCUT2D eigenvalue weighted by Gasteiger charge is 2.36. The number of aromatic nitrogens is 3. The summed E-state index contributed by atoms with van der Waals surface area (Å²) >= 11 is 0.827. The second-order valence-corrected chi connectivity index (χ2v) is 8.69. The number of alkyl halides is 3. The van der Waals surface area contributed by atoms with E-state index in [1.165, 1.54) is 12.1 Å². The maximum Gasteiger partial charge on any atom is 0.434 e. The highest BCUT2D eigenvalue weighted by Crippen LogP contribution is 2.41. The van der Waals surface area contributed by atoms with Crippen molar-refractivity contribution in [3.8, 4) is 0 Å². The Morgan fingerprint density at radius 1 is 1.21 bits per heavy atom. The predicted octanol–water partition coefficient (Wildman–Crippen LogP) is 4.89. The van der Waals surface area contributed by atoms with E-state index >= 15 is 0 Å². The topological polar surface area (TPSA) is 67.9 Å². The van der Waals surface area contributed by atoms with Crippen LogP contribution in [-0.2, 0) is 6.18 Å².